The molecular weight excluding hydrogens is 266 g/mol. The highest BCUT2D eigenvalue weighted by Crippen LogP contribution is 2.45. The Morgan fingerprint density at radius 2 is 1.95 bits per heavy atom. The van der Waals surface area contributed by atoms with Crippen LogP contribution >= 0.6 is 0 Å². The summed E-state index contributed by atoms with van der Waals surface area (Å²) in [5, 5.41) is 10.3. The smallest absolute Gasteiger partial charge is 0.236 e. The fourth-order valence-electron chi connectivity index (χ4n) is 3.73. The summed E-state index contributed by atoms with van der Waals surface area (Å²) < 4.78 is 0. The molecule has 1 unspecified atom stereocenters. The summed E-state index contributed by atoms with van der Waals surface area (Å²) in [7, 11) is 2.15. The molecule has 1 saturated carbocycles. The average molecular weight is 295 g/mol. The van der Waals surface area contributed by atoms with Gasteiger partial charge in [-0.15, -0.1) is 0 Å². The Balaban J connectivity index is 1.50. The number of amides is 1. The summed E-state index contributed by atoms with van der Waals surface area (Å²) >= 11 is 0. The van der Waals surface area contributed by atoms with E-state index in [9.17, 15) is 9.90 Å². The molecule has 5 heteroatoms. The summed E-state index contributed by atoms with van der Waals surface area (Å²) in [6.07, 6.45) is 5.12. The van der Waals surface area contributed by atoms with Crippen molar-refractivity contribution in [2.24, 2.45) is 5.92 Å². The van der Waals surface area contributed by atoms with Gasteiger partial charge in [0.2, 0.25) is 5.91 Å². The number of carbonyl (C=O) groups is 1. The van der Waals surface area contributed by atoms with Crippen LogP contribution in [0.25, 0.3) is 0 Å². The van der Waals surface area contributed by atoms with E-state index in [0.29, 0.717) is 12.5 Å². The van der Waals surface area contributed by atoms with Crippen molar-refractivity contribution in [3.05, 3.63) is 0 Å². The van der Waals surface area contributed by atoms with E-state index in [0.717, 1.165) is 71.4 Å². The van der Waals surface area contributed by atoms with E-state index >= 15 is 0 Å². The summed E-state index contributed by atoms with van der Waals surface area (Å²) in [5.74, 6) is 0.568. The number of piperidine rings is 1. The Morgan fingerprint density at radius 3 is 2.71 bits per heavy atom. The fourth-order valence-corrected chi connectivity index (χ4v) is 3.73. The molecule has 0 aromatic carbocycles. The van der Waals surface area contributed by atoms with Crippen LogP contribution < -0.4 is 0 Å². The van der Waals surface area contributed by atoms with Crippen LogP contribution in [-0.4, -0.2) is 84.2 Å². The van der Waals surface area contributed by atoms with Crippen molar-refractivity contribution < 1.29 is 9.90 Å². The summed E-state index contributed by atoms with van der Waals surface area (Å²) in [4.78, 5) is 19.2. The van der Waals surface area contributed by atoms with E-state index in [4.69, 9.17) is 0 Å². The Morgan fingerprint density at radius 1 is 1.14 bits per heavy atom. The number of aliphatic hydroxyl groups is 1. The van der Waals surface area contributed by atoms with Crippen molar-refractivity contribution >= 4 is 5.91 Å². The standard InChI is InChI=1S/C16H29N3O2/c1-17-7-3-8-18(11-10-17)13-15(20)19-9-2-4-14(12-19)16(21)5-6-16/h14,21H,2-13H2,1H3. The van der Waals surface area contributed by atoms with Crippen LogP contribution in [0.15, 0.2) is 0 Å². The molecule has 2 aliphatic heterocycles. The number of nitrogens with zero attached hydrogens (tertiary/aromatic N) is 3. The monoisotopic (exact) mass is 295 g/mol. The zero-order chi connectivity index (χ0) is 14.9. The number of rotatable bonds is 3. The van der Waals surface area contributed by atoms with Gasteiger partial charge in [0.25, 0.3) is 0 Å². The van der Waals surface area contributed by atoms with Crippen LogP contribution in [0.2, 0.25) is 0 Å². The molecule has 1 aliphatic carbocycles. The summed E-state index contributed by atoms with van der Waals surface area (Å²) in [5.41, 5.74) is -0.440. The second kappa shape index (κ2) is 6.23. The molecule has 0 aromatic rings. The van der Waals surface area contributed by atoms with Crippen molar-refractivity contribution in [1.82, 2.24) is 14.7 Å². The van der Waals surface area contributed by atoms with Gasteiger partial charge in [-0.1, -0.05) is 0 Å². The quantitative estimate of drug-likeness (QED) is 0.818. The topological polar surface area (TPSA) is 47.0 Å². The first-order valence-electron chi connectivity index (χ1n) is 8.48. The minimum Gasteiger partial charge on any atom is -0.390 e. The largest absolute Gasteiger partial charge is 0.390 e. The normalized spacial score (nSPS) is 31.0. The average Bonchev–Trinajstić information content (AvgIpc) is 3.26. The lowest BCUT2D eigenvalue weighted by Crippen LogP contribution is -2.48. The van der Waals surface area contributed by atoms with Gasteiger partial charge in [0.15, 0.2) is 0 Å². The van der Waals surface area contributed by atoms with E-state index in [1.807, 2.05) is 4.90 Å². The molecule has 0 radical (unpaired) electrons. The van der Waals surface area contributed by atoms with Crippen LogP contribution in [0.3, 0.4) is 0 Å². The molecule has 1 N–H and O–H groups in total. The molecule has 5 nitrogen and oxygen atoms in total. The van der Waals surface area contributed by atoms with Crippen molar-refractivity contribution in [2.45, 2.75) is 37.7 Å². The molecule has 0 aromatic heterocycles. The molecule has 120 valence electrons. The molecule has 3 fully saturated rings. The maximum Gasteiger partial charge on any atom is 0.236 e. The Labute approximate surface area is 127 Å². The Hall–Kier alpha value is -0.650. The molecule has 1 amide bonds. The van der Waals surface area contributed by atoms with Crippen molar-refractivity contribution in [3.8, 4) is 0 Å². The van der Waals surface area contributed by atoms with Gasteiger partial charge >= 0.3 is 0 Å². The van der Waals surface area contributed by atoms with Crippen molar-refractivity contribution in [1.29, 1.82) is 0 Å². The molecule has 21 heavy (non-hydrogen) atoms. The SMILES string of the molecule is CN1CCCN(CC(=O)N2CCCC(C3(O)CC3)C2)CC1. The van der Waals surface area contributed by atoms with Crippen molar-refractivity contribution in [2.75, 3.05) is 52.9 Å². The van der Waals surface area contributed by atoms with E-state index in [1.54, 1.807) is 0 Å². The van der Waals surface area contributed by atoms with Crippen LogP contribution in [0.4, 0.5) is 0 Å². The van der Waals surface area contributed by atoms with Crippen molar-refractivity contribution in [3.63, 3.8) is 0 Å². The minimum atomic E-state index is -0.440. The molecule has 2 heterocycles. The maximum absolute atomic E-state index is 12.5. The third-order valence-corrected chi connectivity index (χ3v) is 5.47. The lowest BCUT2D eigenvalue weighted by Gasteiger charge is -2.36. The highest BCUT2D eigenvalue weighted by Gasteiger charge is 2.49. The van der Waals surface area contributed by atoms with Crippen LogP contribution in [0.1, 0.15) is 32.1 Å². The highest BCUT2D eigenvalue weighted by molar-refractivity contribution is 5.78. The molecular formula is C16H29N3O2. The Kier molecular flexibility index (Phi) is 4.52. The number of likely N-dealkylation sites (N-methyl/N-ethyl adjacent to an activating group) is 1. The first-order chi connectivity index (χ1) is 10.1. The lowest BCUT2D eigenvalue weighted by atomic mass is 9.90. The number of carbonyl (C=O) groups excluding carboxylic acids is 1. The number of hydrogen-bond acceptors (Lipinski definition) is 4. The Bertz CT molecular complexity index is 384. The fraction of sp³-hybridized carbons (Fsp3) is 0.938. The third-order valence-electron chi connectivity index (χ3n) is 5.47. The molecule has 0 bridgehead atoms. The zero-order valence-corrected chi connectivity index (χ0v) is 13.3. The first-order valence-corrected chi connectivity index (χ1v) is 8.48. The van der Waals surface area contributed by atoms with Crippen LogP contribution in [0, 0.1) is 5.92 Å². The first kappa shape index (κ1) is 15.3. The van der Waals surface area contributed by atoms with Gasteiger partial charge in [-0.2, -0.15) is 0 Å². The highest BCUT2D eigenvalue weighted by atomic mass is 16.3. The van der Waals surface area contributed by atoms with Gasteiger partial charge in [-0.05, 0) is 52.2 Å². The predicted molar refractivity (Wildman–Crippen MR) is 82.0 cm³/mol. The second-order valence-corrected chi connectivity index (χ2v) is 7.22. The van der Waals surface area contributed by atoms with E-state index < -0.39 is 5.60 Å². The molecule has 0 spiro atoms. The number of likely N-dealkylation sites (tertiary alicyclic amines) is 1. The van der Waals surface area contributed by atoms with Crippen LogP contribution in [-0.2, 0) is 4.79 Å². The second-order valence-electron chi connectivity index (χ2n) is 7.22. The lowest BCUT2D eigenvalue weighted by molar-refractivity contribution is -0.135. The van der Waals surface area contributed by atoms with Gasteiger partial charge in [0, 0.05) is 32.1 Å². The third kappa shape index (κ3) is 3.76. The van der Waals surface area contributed by atoms with Gasteiger partial charge in [-0.25, -0.2) is 0 Å². The predicted octanol–water partition coefficient (Wildman–Crippen LogP) is 0.387. The molecule has 3 aliphatic rings. The van der Waals surface area contributed by atoms with E-state index in [-0.39, 0.29) is 5.91 Å². The van der Waals surface area contributed by atoms with Gasteiger partial charge < -0.3 is 14.9 Å². The molecule has 1 atom stereocenters. The van der Waals surface area contributed by atoms with E-state index in [2.05, 4.69) is 16.8 Å². The maximum atomic E-state index is 12.5. The zero-order valence-electron chi connectivity index (χ0n) is 13.3. The minimum absolute atomic E-state index is 0.258. The van der Waals surface area contributed by atoms with Crippen LogP contribution in [0.5, 0.6) is 0 Å². The summed E-state index contributed by atoms with van der Waals surface area (Å²) in [6, 6.07) is 0. The molecule has 3 rings (SSSR count). The van der Waals surface area contributed by atoms with Gasteiger partial charge in [0.05, 0.1) is 12.1 Å². The van der Waals surface area contributed by atoms with Gasteiger partial charge in [0.1, 0.15) is 0 Å². The number of hydrogen-bond donors (Lipinski definition) is 1. The van der Waals surface area contributed by atoms with Gasteiger partial charge in [-0.3, -0.25) is 9.69 Å². The summed E-state index contributed by atoms with van der Waals surface area (Å²) in [6.45, 7) is 6.39. The molecule has 2 saturated heterocycles. The van der Waals surface area contributed by atoms with E-state index in [1.165, 1.54) is 0 Å².